The summed E-state index contributed by atoms with van der Waals surface area (Å²) < 4.78 is 8.24. The third kappa shape index (κ3) is 5.34. The van der Waals surface area contributed by atoms with Crippen LogP contribution in [0.4, 0.5) is 0 Å². The molecule has 0 atom stereocenters. The highest BCUT2D eigenvalue weighted by atomic mass is 16.3. The molecule has 10 rings (SSSR count). The standard InChI is InChI=1S/C48H31N3O2/c52-44-30-46-40(39-19-10-11-22-45(39)53-46)29-41(44)48-50-47-38(20-12-21-43(47)51(48)37-17-8-3-9-18-37)35-25-34(32-15-6-2-7-16-32)26-36(27-35)42-28-33(23-24-49-42)31-13-4-1-5-14-31/h1-30,52H. The van der Waals surface area contributed by atoms with Gasteiger partial charge in [-0.15, -0.1) is 0 Å². The fourth-order valence-electron chi connectivity index (χ4n) is 7.42. The molecule has 10 aromatic rings. The molecule has 0 unspecified atom stereocenters. The topological polar surface area (TPSA) is 64.1 Å². The lowest BCUT2D eigenvalue weighted by molar-refractivity contribution is 0.476. The van der Waals surface area contributed by atoms with E-state index in [1.54, 1.807) is 6.07 Å². The largest absolute Gasteiger partial charge is 0.507 e. The number of phenols is 1. The van der Waals surface area contributed by atoms with Crippen LogP contribution in [0, 0.1) is 0 Å². The van der Waals surface area contributed by atoms with E-state index in [9.17, 15) is 5.11 Å². The number of fused-ring (bicyclic) bond motifs is 4. The van der Waals surface area contributed by atoms with E-state index < -0.39 is 0 Å². The number of pyridine rings is 1. The van der Waals surface area contributed by atoms with E-state index in [-0.39, 0.29) is 5.75 Å². The summed E-state index contributed by atoms with van der Waals surface area (Å²) in [5.74, 6) is 0.739. The van der Waals surface area contributed by atoms with Crippen LogP contribution in [-0.4, -0.2) is 19.6 Å². The molecule has 0 fully saturated rings. The van der Waals surface area contributed by atoms with Gasteiger partial charge in [0, 0.05) is 39.8 Å². The Bertz CT molecular complexity index is 2950. The van der Waals surface area contributed by atoms with E-state index in [4.69, 9.17) is 14.4 Å². The van der Waals surface area contributed by atoms with Crippen LogP contribution in [-0.2, 0) is 0 Å². The van der Waals surface area contributed by atoms with Crippen molar-refractivity contribution < 1.29 is 9.52 Å². The van der Waals surface area contributed by atoms with Crippen molar-refractivity contribution in [2.24, 2.45) is 0 Å². The molecule has 1 N–H and O–H groups in total. The quantitative estimate of drug-likeness (QED) is 0.190. The van der Waals surface area contributed by atoms with E-state index in [1.807, 2.05) is 66.9 Å². The number of hydrogen-bond donors (Lipinski definition) is 1. The molecular formula is C48H31N3O2. The van der Waals surface area contributed by atoms with E-state index in [2.05, 4.69) is 114 Å². The van der Waals surface area contributed by atoms with Gasteiger partial charge in [0.15, 0.2) is 0 Å². The monoisotopic (exact) mass is 681 g/mol. The second kappa shape index (κ2) is 12.5. The van der Waals surface area contributed by atoms with Gasteiger partial charge in [0.1, 0.15) is 22.7 Å². The number of imidazole rings is 1. The third-order valence-electron chi connectivity index (χ3n) is 9.95. The minimum atomic E-state index is 0.100. The molecule has 0 aliphatic rings. The Labute approximate surface area is 305 Å². The number of aromatic hydroxyl groups is 1. The molecule has 0 amide bonds. The lowest BCUT2D eigenvalue weighted by Crippen LogP contribution is -1.97. The van der Waals surface area contributed by atoms with E-state index in [0.29, 0.717) is 17.0 Å². The number of nitrogens with zero attached hydrogens (tertiary/aromatic N) is 3. The summed E-state index contributed by atoms with van der Waals surface area (Å²) >= 11 is 0. The molecule has 0 spiro atoms. The smallest absolute Gasteiger partial charge is 0.149 e. The van der Waals surface area contributed by atoms with Crippen molar-refractivity contribution in [1.82, 2.24) is 14.5 Å². The number of benzene rings is 7. The highest BCUT2D eigenvalue weighted by molar-refractivity contribution is 6.07. The average Bonchev–Trinajstić information content (AvgIpc) is 3.79. The highest BCUT2D eigenvalue weighted by Crippen LogP contribution is 2.42. The molecule has 0 saturated carbocycles. The van der Waals surface area contributed by atoms with Gasteiger partial charge < -0.3 is 9.52 Å². The fraction of sp³-hybridized carbons (Fsp3) is 0. The number of hydrogen-bond acceptors (Lipinski definition) is 4. The van der Waals surface area contributed by atoms with Gasteiger partial charge in [-0.05, 0) is 88.5 Å². The molecule has 0 radical (unpaired) electrons. The molecule has 5 nitrogen and oxygen atoms in total. The number of furan rings is 1. The zero-order valence-corrected chi connectivity index (χ0v) is 28.5. The Hall–Kier alpha value is -7.24. The first-order chi connectivity index (χ1) is 26.2. The zero-order valence-electron chi connectivity index (χ0n) is 28.5. The van der Waals surface area contributed by atoms with Crippen molar-refractivity contribution in [2.45, 2.75) is 0 Å². The number of phenolic OH excluding ortho intramolecular Hbond substituents is 1. The summed E-state index contributed by atoms with van der Waals surface area (Å²) in [6.45, 7) is 0. The summed E-state index contributed by atoms with van der Waals surface area (Å²) in [6.07, 6.45) is 1.88. The van der Waals surface area contributed by atoms with Crippen molar-refractivity contribution in [2.75, 3.05) is 0 Å². The molecule has 5 heteroatoms. The first-order valence-electron chi connectivity index (χ1n) is 17.6. The van der Waals surface area contributed by atoms with Crippen LogP contribution >= 0.6 is 0 Å². The molecular weight excluding hydrogens is 651 g/mol. The first-order valence-corrected chi connectivity index (χ1v) is 17.6. The molecule has 250 valence electrons. The van der Waals surface area contributed by atoms with Gasteiger partial charge in [-0.2, -0.15) is 0 Å². The SMILES string of the molecule is Oc1cc2oc3ccccc3c2cc1-c1nc2c(-c3cc(-c4ccccc4)cc(-c4cc(-c5ccccc5)ccn4)c3)cccc2n1-c1ccccc1. The Morgan fingerprint density at radius 3 is 1.94 bits per heavy atom. The Kier molecular flexibility index (Phi) is 7.22. The van der Waals surface area contributed by atoms with E-state index >= 15 is 0 Å². The van der Waals surface area contributed by atoms with Crippen LogP contribution in [0.1, 0.15) is 0 Å². The van der Waals surface area contributed by atoms with Gasteiger partial charge in [0.25, 0.3) is 0 Å². The summed E-state index contributed by atoms with van der Waals surface area (Å²) in [7, 11) is 0. The molecule has 3 aromatic heterocycles. The second-order valence-electron chi connectivity index (χ2n) is 13.2. The molecule has 53 heavy (non-hydrogen) atoms. The molecule has 3 heterocycles. The maximum absolute atomic E-state index is 11.6. The van der Waals surface area contributed by atoms with E-state index in [0.717, 1.165) is 77.7 Å². The summed E-state index contributed by atoms with van der Waals surface area (Å²) in [6, 6.07) is 59.8. The van der Waals surface area contributed by atoms with Gasteiger partial charge in [-0.25, -0.2) is 4.98 Å². The second-order valence-corrected chi connectivity index (χ2v) is 13.2. The molecule has 0 aliphatic heterocycles. The average molecular weight is 682 g/mol. The van der Waals surface area contributed by atoms with E-state index in [1.165, 1.54) is 0 Å². The van der Waals surface area contributed by atoms with Crippen LogP contribution in [0.15, 0.2) is 187 Å². The minimum absolute atomic E-state index is 0.100. The molecule has 0 saturated heterocycles. The van der Waals surface area contributed by atoms with Crippen LogP contribution in [0.25, 0.3) is 94.7 Å². The summed E-state index contributed by atoms with van der Waals surface area (Å²) in [5.41, 5.74) is 13.1. The van der Waals surface area contributed by atoms with Crippen molar-refractivity contribution >= 4 is 33.0 Å². The van der Waals surface area contributed by atoms with Crippen molar-refractivity contribution in [3.63, 3.8) is 0 Å². The number of para-hydroxylation sites is 3. The summed E-state index contributed by atoms with van der Waals surface area (Å²) in [5, 5.41) is 13.5. The van der Waals surface area contributed by atoms with Crippen LogP contribution in [0.3, 0.4) is 0 Å². The van der Waals surface area contributed by atoms with Crippen molar-refractivity contribution in [3.8, 4) is 67.5 Å². The summed E-state index contributed by atoms with van der Waals surface area (Å²) in [4.78, 5) is 10.2. The molecule has 7 aromatic carbocycles. The lowest BCUT2D eigenvalue weighted by Gasteiger charge is -2.13. The van der Waals surface area contributed by atoms with Gasteiger partial charge in [-0.3, -0.25) is 9.55 Å². The highest BCUT2D eigenvalue weighted by Gasteiger charge is 2.22. The molecule has 0 bridgehead atoms. The van der Waals surface area contributed by atoms with Crippen LogP contribution in [0.2, 0.25) is 0 Å². The van der Waals surface area contributed by atoms with Crippen LogP contribution in [0.5, 0.6) is 5.75 Å². The lowest BCUT2D eigenvalue weighted by atomic mass is 9.93. The zero-order chi connectivity index (χ0) is 35.3. The van der Waals surface area contributed by atoms with Crippen molar-refractivity contribution in [3.05, 3.63) is 182 Å². The van der Waals surface area contributed by atoms with Crippen molar-refractivity contribution in [1.29, 1.82) is 0 Å². The fourth-order valence-corrected chi connectivity index (χ4v) is 7.42. The predicted molar refractivity (Wildman–Crippen MR) is 215 cm³/mol. The molecule has 0 aliphatic carbocycles. The number of aromatic nitrogens is 3. The maximum Gasteiger partial charge on any atom is 0.149 e. The third-order valence-corrected chi connectivity index (χ3v) is 9.95. The Balaban J connectivity index is 1.21. The normalized spacial score (nSPS) is 11.5. The number of rotatable bonds is 6. The first kappa shape index (κ1) is 30.6. The van der Waals surface area contributed by atoms with Gasteiger partial charge in [0.05, 0.1) is 22.3 Å². The van der Waals surface area contributed by atoms with Gasteiger partial charge in [-0.1, -0.05) is 109 Å². The predicted octanol–water partition coefficient (Wildman–Crippen LogP) is 12.4. The minimum Gasteiger partial charge on any atom is -0.507 e. The Morgan fingerprint density at radius 1 is 0.472 bits per heavy atom. The van der Waals surface area contributed by atoms with Gasteiger partial charge >= 0.3 is 0 Å². The van der Waals surface area contributed by atoms with Crippen LogP contribution < -0.4 is 0 Å². The maximum atomic E-state index is 11.6. The van der Waals surface area contributed by atoms with Gasteiger partial charge in [0.2, 0.25) is 0 Å². The Morgan fingerprint density at radius 2 is 1.15 bits per heavy atom.